The van der Waals surface area contributed by atoms with Gasteiger partial charge in [0.15, 0.2) is 17.1 Å². The molecule has 2 amide bonds. The molecule has 326 valence electrons. The van der Waals surface area contributed by atoms with Crippen molar-refractivity contribution < 1.29 is 57.4 Å². The van der Waals surface area contributed by atoms with E-state index in [1.54, 1.807) is 13.0 Å². The maximum atomic E-state index is 17.4. The Labute approximate surface area is 343 Å². The number of halogens is 2. The molecule has 4 aliphatic rings. The number of amides is 2. The van der Waals surface area contributed by atoms with Crippen LogP contribution in [0.1, 0.15) is 78.6 Å². The summed E-state index contributed by atoms with van der Waals surface area (Å²) in [5, 5.41) is 29.2. The largest absolute Gasteiger partial charge is 0.390 e. The first-order chi connectivity index (χ1) is 27.4. The summed E-state index contributed by atoms with van der Waals surface area (Å²) in [6.07, 6.45) is 9.01. The normalized spacial score (nSPS) is 31.7. The van der Waals surface area contributed by atoms with Gasteiger partial charge in [-0.15, -0.1) is 11.6 Å². The highest BCUT2D eigenvalue weighted by atomic mass is 35.5. The number of alkyl halides is 2. The minimum absolute atomic E-state index is 0.0711. The number of allylic oxidation sites excluding steroid dienone is 4. The molecule has 4 N–H and O–H groups in total. The third-order valence-electron chi connectivity index (χ3n) is 12.8. The van der Waals surface area contributed by atoms with Crippen LogP contribution in [-0.2, 0) is 42.8 Å². The average molecular weight is 831 g/mol. The third-order valence-corrected chi connectivity index (χ3v) is 13.1. The van der Waals surface area contributed by atoms with E-state index >= 15 is 4.39 Å². The number of rotatable bonds is 28. The summed E-state index contributed by atoms with van der Waals surface area (Å²) in [5.41, 5.74) is -5.29. The molecule has 15 heteroatoms. The number of nitrogens with one attached hydrogen (secondary N) is 2. The molecule has 0 aromatic carbocycles. The van der Waals surface area contributed by atoms with Crippen molar-refractivity contribution in [1.82, 2.24) is 10.6 Å². The smallest absolute Gasteiger partial charge is 0.252 e. The van der Waals surface area contributed by atoms with Crippen molar-refractivity contribution in [2.45, 2.75) is 95.9 Å². The number of hydrogen-bond donors (Lipinski definition) is 4. The molecule has 0 heterocycles. The Hall–Kier alpha value is -2.01. The van der Waals surface area contributed by atoms with E-state index in [9.17, 15) is 24.6 Å². The van der Waals surface area contributed by atoms with E-state index in [1.807, 2.05) is 13.8 Å². The second-order valence-corrected chi connectivity index (χ2v) is 16.7. The van der Waals surface area contributed by atoms with Gasteiger partial charge in [0.25, 0.3) is 5.91 Å². The van der Waals surface area contributed by atoms with Crippen LogP contribution in [0.15, 0.2) is 23.8 Å². The van der Waals surface area contributed by atoms with Gasteiger partial charge in [-0.3, -0.25) is 14.4 Å². The summed E-state index contributed by atoms with van der Waals surface area (Å²) in [7, 11) is 0. The van der Waals surface area contributed by atoms with E-state index in [2.05, 4.69) is 10.6 Å². The average Bonchev–Trinajstić information content (AvgIpc) is 3.38. The second-order valence-electron chi connectivity index (χ2n) is 16.3. The molecule has 4 rings (SSSR count). The SMILES string of the molecule is C[C@@H]1CC2[C@@H]3CCC4=CC(=O)C=C[C@]4(C)[C@@]3(F)[C@@H](O)C[C@]2(C)[C@@]1(O)C(=O)NCCOCCOCCOCCOCCC(=O)NCCOCCOCCCCCCCl. The van der Waals surface area contributed by atoms with Gasteiger partial charge in [0.05, 0.1) is 78.8 Å². The lowest BCUT2D eigenvalue weighted by atomic mass is 9.44. The van der Waals surface area contributed by atoms with Crippen LogP contribution in [0, 0.1) is 28.6 Å². The van der Waals surface area contributed by atoms with Crippen LogP contribution in [0.4, 0.5) is 4.39 Å². The highest BCUT2D eigenvalue weighted by Crippen LogP contribution is 2.70. The number of carbonyl (C=O) groups is 3. The van der Waals surface area contributed by atoms with Crippen molar-refractivity contribution in [2.75, 3.05) is 98.3 Å². The van der Waals surface area contributed by atoms with Gasteiger partial charge in [0, 0.05) is 48.7 Å². The number of ether oxygens (including phenoxy) is 6. The van der Waals surface area contributed by atoms with Crippen LogP contribution >= 0.6 is 11.6 Å². The van der Waals surface area contributed by atoms with Crippen LogP contribution in [0.5, 0.6) is 0 Å². The fourth-order valence-electron chi connectivity index (χ4n) is 9.65. The molecule has 13 nitrogen and oxygen atoms in total. The molecule has 0 aromatic heterocycles. The van der Waals surface area contributed by atoms with E-state index in [0.29, 0.717) is 103 Å². The van der Waals surface area contributed by atoms with Crippen LogP contribution < -0.4 is 10.6 Å². The molecule has 3 saturated carbocycles. The Bertz CT molecular complexity index is 1360. The molecular weight excluding hydrogens is 763 g/mol. The summed E-state index contributed by atoms with van der Waals surface area (Å²) < 4.78 is 50.5. The molecule has 8 atom stereocenters. The summed E-state index contributed by atoms with van der Waals surface area (Å²) in [6, 6.07) is 0. The second kappa shape index (κ2) is 23.1. The number of unbranched alkanes of at least 4 members (excludes halogenated alkanes) is 3. The van der Waals surface area contributed by atoms with E-state index in [4.69, 9.17) is 40.0 Å². The number of aliphatic hydroxyl groups is 2. The van der Waals surface area contributed by atoms with Gasteiger partial charge in [-0.25, -0.2) is 4.39 Å². The van der Waals surface area contributed by atoms with Gasteiger partial charge in [-0.1, -0.05) is 38.3 Å². The van der Waals surface area contributed by atoms with E-state index in [0.717, 1.165) is 32.3 Å². The molecule has 57 heavy (non-hydrogen) atoms. The lowest BCUT2D eigenvalue weighted by molar-refractivity contribution is -0.219. The number of hydrogen-bond acceptors (Lipinski definition) is 11. The summed E-state index contributed by atoms with van der Waals surface area (Å²) >= 11 is 5.66. The molecule has 0 radical (unpaired) electrons. The predicted molar refractivity (Wildman–Crippen MR) is 213 cm³/mol. The predicted octanol–water partition coefficient (Wildman–Crippen LogP) is 3.86. The van der Waals surface area contributed by atoms with Crippen molar-refractivity contribution in [3.63, 3.8) is 0 Å². The van der Waals surface area contributed by atoms with Gasteiger partial charge < -0.3 is 49.3 Å². The molecular formula is C42H68ClFN2O11. The highest BCUT2D eigenvalue weighted by molar-refractivity contribution is 6.17. The maximum Gasteiger partial charge on any atom is 0.252 e. The van der Waals surface area contributed by atoms with E-state index in [-0.39, 0.29) is 43.6 Å². The van der Waals surface area contributed by atoms with Crippen molar-refractivity contribution in [3.8, 4) is 0 Å². The molecule has 0 aliphatic heterocycles. The number of aliphatic hydroxyl groups excluding tert-OH is 1. The molecule has 0 aromatic rings. The minimum Gasteiger partial charge on any atom is -0.390 e. The lowest BCUT2D eigenvalue weighted by Gasteiger charge is -2.62. The minimum atomic E-state index is -2.02. The molecule has 0 spiro atoms. The van der Waals surface area contributed by atoms with Gasteiger partial charge in [-0.05, 0) is 69.4 Å². The Balaban J connectivity index is 0.984. The van der Waals surface area contributed by atoms with E-state index < -0.39 is 45.9 Å². The zero-order chi connectivity index (χ0) is 41.4. The topological polar surface area (TPSA) is 171 Å². The Morgan fingerprint density at radius 1 is 0.825 bits per heavy atom. The van der Waals surface area contributed by atoms with Crippen molar-refractivity contribution in [3.05, 3.63) is 23.8 Å². The summed E-state index contributed by atoms with van der Waals surface area (Å²) in [6.45, 7) is 10.8. The zero-order valence-corrected chi connectivity index (χ0v) is 35.1. The van der Waals surface area contributed by atoms with Gasteiger partial charge in [-0.2, -0.15) is 0 Å². The lowest BCUT2D eigenvalue weighted by Crippen LogP contribution is -2.70. The molecule has 1 unspecified atom stereocenters. The molecule has 3 fully saturated rings. The van der Waals surface area contributed by atoms with Gasteiger partial charge >= 0.3 is 0 Å². The van der Waals surface area contributed by atoms with Crippen LogP contribution in [0.25, 0.3) is 0 Å². The number of ketones is 1. The van der Waals surface area contributed by atoms with Crippen LogP contribution in [0.3, 0.4) is 0 Å². The standard InChI is InChI=1S/C42H68ClFN2O11/c1-31-28-35-34-9-8-32-29-33(47)10-12-39(32,2)41(34,44)36(48)30-40(35,3)42(31,51)38(50)46-15-19-55-23-25-57-27-26-56-24-21-53-17-11-37(49)45-14-18-54-22-20-52-16-7-5-4-6-13-43/h10,12,29,31,34-36,48,51H,4-9,11,13-28,30H2,1-3H3,(H,45,49)(H,46,50)/t31-,34+,35?,36+,39+,40+,41+,42+/m1/s1. The first-order valence-electron chi connectivity index (χ1n) is 21.0. The van der Waals surface area contributed by atoms with Crippen molar-refractivity contribution in [1.29, 1.82) is 0 Å². The van der Waals surface area contributed by atoms with E-state index in [1.165, 1.54) is 12.2 Å². The Kier molecular flexibility index (Phi) is 19.3. The third kappa shape index (κ3) is 11.6. The fraction of sp³-hybridized carbons (Fsp3) is 0.833. The molecule has 0 saturated heterocycles. The maximum absolute atomic E-state index is 17.4. The summed E-state index contributed by atoms with van der Waals surface area (Å²) in [4.78, 5) is 37.7. The van der Waals surface area contributed by atoms with Crippen molar-refractivity contribution >= 4 is 29.2 Å². The zero-order valence-electron chi connectivity index (χ0n) is 34.3. The molecule has 4 aliphatic carbocycles. The van der Waals surface area contributed by atoms with Crippen molar-refractivity contribution in [2.24, 2.45) is 28.6 Å². The first kappa shape index (κ1) is 47.7. The quantitative estimate of drug-likeness (QED) is 0.0668. The number of carbonyl (C=O) groups excluding carboxylic acids is 3. The fourth-order valence-corrected chi connectivity index (χ4v) is 9.84. The summed E-state index contributed by atoms with van der Waals surface area (Å²) in [5.74, 6) is -1.46. The highest BCUT2D eigenvalue weighted by Gasteiger charge is 2.75. The monoisotopic (exact) mass is 830 g/mol. The Morgan fingerprint density at radius 3 is 2.02 bits per heavy atom. The van der Waals surface area contributed by atoms with Gasteiger partial charge in [0.2, 0.25) is 5.91 Å². The number of fused-ring (bicyclic) bond motifs is 5. The Morgan fingerprint density at radius 2 is 1.39 bits per heavy atom. The van der Waals surface area contributed by atoms with Crippen LogP contribution in [-0.4, -0.2) is 143 Å². The van der Waals surface area contributed by atoms with Crippen LogP contribution in [0.2, 0.25) is 0 Å². The first-order valence-corrected chi connectivity index (χ1v) is 21.5. The van der Waals surface area contributed by atoms with Gasteiger partial charge in [0.1, 0.15) is 0 Å². The molecule has 0 bridgehead atoms.